The summed E-state index contributed by atoms with van der Waals surface area (Å²) in [6.07, 6.45) is -5.11. The Hall–Kier alpha value is -4.45. The zero-order valence-electron chi connectivity index (χ0n) is 26.3. The van der Waals surface area contributed by atoms with Crippen LogP contribution in [0.5, 0.6) is 0 Å². The maximum atomic E-state index is 14.2. The minimum absolute atomic E-state index is 0.0574. The number of piperazine rings is 1. The van der Waals surface area contributed by atoms with Gasteiger partial charge in [-0.1, -0.05) is 48.5 Å². The lowest BCUT2D eigenvalue weighted by Gasteiger charge is -2.35. The van der Waals surface area contributed by atoms with E-state index < -0.39 is 23.9 Å². The van der Waals surface area contributed by atoms with Gasteiger partial charge in [-0.3, -0.25) is 14.5 Å². The van der Waals surface area contributed by atoms with Gasteiger partial charge in [-0.15, -0.1) is 0 Å². The first-order valence-corrected chi connectivity index (χ1v) is 15.6. The molecular weight excluding hydrogens is 609 g/mol. The van der Waals surface area contributed by atoms with Crippen LogP contribution in [0, 0.1) is 6.92 Å². The summed E-state index contributed by atoms with van der Waals surface area (Å²) in [5, 5.41) is 13.5. The Kier molecular flexibility index (Phi) is 9.23. The fraction of sp³-hybridized carbons (Fsp3) is 0.333. The molecule has 1 unspecified atom stereocenters. The SMILES string of the molecule is COC[C@@H](O)CN1CCN(C(=O)c2ccc3n2Cc2ccccc2NC3C(=O)c2ccc(-c3ccccc3C(F)(F)F)c(C)c2)CC1. The van der Waals surface area contributed by atoms with E-state index in [1.54, 1.807) is 55.3 Å². The van der Waals surface area contributed by atoms with Crippen molar-refractivity contribution < 1.29 is 32.6 Å². The number of aliphatic hydroxyl groups excluding tert-OH is 1. The highest BCUT2D eigenvalue weighted by atomic mass is 19.4. The van der Waals surface area contributed by atoms with Crippen LogP contribution < -0.4 is 5.32 Å². The lowest BCUT2D eigenvalue weighted by atomic mass is 9.92. The predicted molar refractivity (Wildman–Crippen MR) is 173 cm³/mol. The van der Waals surface area contributed by atoms with Crippen molar-refractivity contribution in [2.24, 2.45) is 0 Å². The molecule has 3 heterocycles. The van der Waals surface area contributed by atoms with Crippen LogP contribution in [-0.2, 0) is 17.5 Å². The molecule has 0 aliphatic carbocycles. The van der Waals surface area contributed by atoms with Crippen molar-refractivity contribution in [2.45, 2.75) is 31.8 Å². The number of para-hydroxylation sites is 1. The van der Waals surface area contributed by atoms with Gasteiger partial charge >= 0.3 is 6.18 Å². The van der Waals surface area contributed by atoms with Crippen molar-refractivity contribution in [2.75, 3.05) is 51.8 Å². The number of aryl methyl sites for hydroxylation is 1. The number of anilines is 1. The number of Topliss-reactive ketones (excluding diaryl/α,β-unsaturated/α-hetero) is 1. The number of β-amino-alcohol motifs (C(OH)–C–C–N with tert-alkyl or cyclic N) is 1. The van der Waals surface area contributed by atoms with Gasteiger partial charge in [-0.25, -0.2) is 0 Å². The van der Waals surface area contributed by atoms with Crippen molar-refractivity contribution in [3.05, 3.63) is 113 Å². The number of rotatable bonds is 8. The van der Waals surface area contributed by atoms with E-state index in [4.69, 9.17) is 4.74 Å². The minimum Gasteiger partial charge on any atom is -0.389 e. The van der Waals surface area contributed by atoms with Gasteiger partial charge in [-0.2, -0.15) is 13.2 Å². The van der Waals surface area contributed by atoms with Crippen LogP contribution in [0.2, 0.25) is 0 Å². The number of amides is 1. The number of carbonyl (C=O) groups excluding carboxylic acids is 2. The summed E-state index contributed by atoms with van der Waals surface area (Å²) in [6, 6.07) is 20.5. The summed E-state index contributed by atoms with van der Waals surface area (Å²) in [5.41, 5.74) is 3.40. The van der Waals surface area contributed by atoms with Crippen molar-refractivity contribution >= 4 is 17.4 Å². The van der Waals surface area contributed by atoms with Crippen molar-refractivity contribution in [1.29, 1.82) is 0 Å². The smallest absolute Gasteiger partial charge is 0.389 e. The van der Waals surface area contributed by atoms with Crippen LogP contribution in [-0.4, -0.2) is 83.7 Å². The molecule has 1 saturated heterocycles. The average molecular weight is 647 g/mol. The molecule has 47 heavy (non-hydrogen) atoms. The molecule has 2 atom stereocenters. The summed E-state index contributed by atoms with van der Waals surface area (Å²) in [4.78, 5) is 32.0. The molecule has 1 fully saturated rings. The Balaban J connectivity index is 1.29. The number of halogens is 3. The van der Waals surface area contributed by atoms with Gasteiger partial charge in [0, 0.05) is 56.8 Å². The van der Waals surface area contributed by atoms with Crippen molar-refractivity contribution in [3.8, 4) is 11.1 Å². The fourth-order valence-electron chi connectivity index (χ4n) is 6.59. The number of hydrogen-bond acceptors (Lipinski definition) is 6. The highest BCUT2D eigenvalue weighted by Crippen LogP contribution is 2.39. The minimum atomic E-state index is -4.52. The molecule has 1 amide bonds. The van der Waals surface area contributed by atoms with Crippen molar-refractivity contribution in [1.82, 2.24) is 14.4 Å². The number of aromatic nitrogens is 1. The predicted octanol–water partition coefficient (Wildman–Crippen LogP) is 5.65. The largest absolute Gasteiger partial charge is 0.417 e. The van der Waals surface area contributed by atoms with E-state index >= 15 is 0 Å². The number of ether oxygens (including phenoxy) is 1. The van der Waals surface area contributed by atoms with Gasteiger partial charge in [0.2, 0.25) is 0 Å². The maximum Gasteiger partial charge on any atom is 0.417 e. The number of hydrogen-bond donors (Lipinski definition) is 2. The molecule has 11 heteroatoms. The first-order valence-electron chi connectivity index (χ1n) is 15.6. The average Bonchev–Trinajstić information content (AvgIpc) is 3.38. The van der Waals surface area contributed by atoms with Crippen LogP contribution in [0.25, 0.3) is 11.1 Å². The van der Waals surface area contributed by atoms with E-state index in [-0.39, 0.29) is 23.9 Å². The number of benzene rings is 3. The van der Waals surface area contributed by atoms with E-state index in [2.05, 4.69) is 10.2 Å². The first-order chi connectivity index (χ1) is 22.5. The number of fused-ring (bicyclic) bond motifs is 2. The third-order valence-electron chi connectivity index (χ3n) is 8.96. The van der Waals surface area contributed by atoms with Gasteiger partial charge in [0.1, 0.15) is 11.7 Å². The molecule has 246 valence electrons. The molecule has 2 aliphatic heterocycles. The number of alkyl halides is 3. The topological polar surface area (TPSA) is 87.0 Å². The van der Waals surface area contributed by atoms with E-state index in [0.29, 0.717) is 67.3 Å². The van der Waals surface area contributed by atoms with Crippen LogP contribution in [0.1, 0.15) is 49.3 Å². The normalized spacial score (nSPS) is 17.3. The lowest BCUT2D eigenvalue weighted by molar-refractivity contribution is -0.137. The van der Waals surface area contributed by atoms with Gasteiger partial charge in [0.15, 0.2) is 5.78 Å². The molecule has 3 aromatic carbocycles. The highest BCUT2D eigenvalue weighted by Gasteiger charge is 2.35. The number of ketones is 1. The Morgan fingerprint density at radius 1 is 0.957 bits per heavy atom. The van der Waals surface area contributed by atoms with Crippen LogP contribution in [0.15, 0.2) is 78.9 Å². The zero-order chi connectivity index (χ0) is 33.3. The number of carbonyl (C=O) groups is 2. The Morgan fingerprint density at radius 2 is 1.68 bits per heavy atom. The maximum absolute atomic E-state index is 14.2. The quantitative estimate of drug-likeness (QED) is 0.241. The van der Waals surface area contributed by atoms with E-state index in [0.717, 1.165) is 17.3 Å². The molecular formula is C36H37F3N4O4. The molecule has 0 bridgehead atoms. The first kappa shape index (κ1) is 32.5. The second-order valence-corrected chi connectivity index (χ2v) is 12.1. The molecule has 2 aliphatic rings. The van der Waals surface area contributed by atoms with Gasteiger partial charge in [-0.05, 0) is 59.5 Å². The summed E-state index contributed by atoms with van der Waals surface area (Å²) in [6.45, 7) is 5.04. The molecule has 0 radical (unpaired) electrons. The Labute approximate surface area is 271 Å². The lowest BCUT2D eigenvalue weighted by Crippen LogP contribution is -2.51. The van der Waals surface area contributed by atoms with Gasteiger partial charge < -0.3 is 24.6 Å². The third-order valence-corrected chi connectivity index (χ3v) is 8.96. The summed E-state index contributed by atoms with van der Waals surface area (Å²) >= 11 is 0. The summed E-state index contributed by atoms with van der Waals surface area (Å²) in [7, 11) is 1.55. The zero-order valence-corrected chi connectivity index (χ0v) is 26.3. The van der Waals surface area contributed by atoms with E-state index in [9.17, 15) is 27.9 Å². The highest BCUT2D eigenvalue weighted by molar-refractivity contribution is 6.03. The molecule has 2 N–H and O–H groups in total. The molecule has 1 aromatic heterocycles. The monoisotopic (exact) mass is 646 g/mol. The number of methoxy groups -OCH3 is 1. The second-order valence-electron chi connectivity index (χ2n) is 12.1. The second kappa shape index (κ2) is 13.3. The molecule has 4 aromatic rings. The van der Waals surface area contributed by atoms with Gasteiger partial charge in [0.05, 0.1) is 24.8 Å². The third kappa shape index (κ3) is 6.69. The van der Waals surface area contributed by atoms with E-state index in [1.165, 1.54) is 12.1 Å². The molecule has 8 nitrogen and oxygen atoms in total. The number of aliphatic hydroxyl groups is 1. The van der Waals surface area contributed by atoms with Crippen molar-refractivity contribution in [3.63, 3.8) is 0 Å². The summed E-state index contributed by atoms with van der Waals surface area (Å²) < 4.78 is 48.2. The Bertz CT molecular complexity index is 1780. The number of nitrogens with one attached hydrogen (secondary N) is 1. The molecule has 0 saturated carbocycles. The fourth-order valence-corrected chi connectivity index (χ4v) is 6.59. The number of nitrogens with zero attached hydrogens (tertiary/aromatic N) is 3. The summed E-state index contributed by atoms with van der Waals surface area (Å²) in [5.74, 6) is -0.399. The van der Waals surface area contributed by atoms with Crippen LogP contribution in [0.4, 0.5) is 18.9 Å². The standard InChI is InChI=1S/C36H37F3N4O4/c1-23-19-24(11-12-27(23)28-8-4-5-9-29(28)36(37,38)39)34(45)33-31-13-14-32(43(31)20-25-7-3-6-10-30(25)40-33)35(46)42-17-15-41(16-18-42)21-26(44)22-47-2/h3-14,19,26,33,40,44H,15-18,20-22H2,1-2H3/t26-,33?/m0/s1. The Morgan fingerprint density at radius 3 is 2.40 bits per heavy atom. The molecule has 6 rings (SSSR count). The van der Waals surface area contributed by atoms with Gasteiger partial charge in [0.25, 0.3) is 5.91 Å². The van der Waals surface area contributed by atoms with E-state index in [1.807, 2.05) is 28.8 Å². The molecule has 0 spiro atoms. The van der Waals surface area contributed by atoms with Crippen LogP contribution >= 0.6 is 0 Å². The van der Waals surface area contributed by atoms with Crippen LogP contribution in [0.3, 0.4) is 0 Å².